The number of nitro benzene ring substituents is 1. The number of carbonyl (C=O) groups excluding carboxylic acids is 5. The summed E-state index contributed by atoms with van der Waals surface area (Å²) in [6.07, 6.45) is -1.20. The number of nitrogens with two attached hydrogens (primary N) is 1. The fraction of sp³-hybridized carbons (Fsp3) is 0.588. The zero-order valence-electron chi connectivity index (χ0n) is 30.5. The van der Waals surface area contributed by atoms with Crippen molar-refractivity contribution in [1.29, 1.82) is 0 Å². The van der Waals surface area contributed by atoms with Crippen LogP contribution < -0.4 is 27.0 Å². The molecule has 1 heterocycles. The van der Waals surface area contributed by atoms with Gasteiger partial charge in [0.15, 0.2) is 0 Å². The number of nitrogens with zero attached hydrogens (tertiary/aromatic N) is 2. The summed E-state index contributed by atoms with van der Waals surface area (Å²) < 4.78 is 0. The summed E-state index contributed by atoms with van der Waals surface area (Å²) >= 11 is 0. The first kappa shape index (κ1) is 44.5. The second-order valence-corrected chi connectivity index (χ2v) is 13.8. The third-order valence-corrected chi connectivity index (χ3v) is 8.63. The number of rotatable bonds is 21. The average Bonchev–Trinajstić information content (AvgIpc) is 3.58. The highest BCUT2D eigenvalue weighted by atomic mass is 16.6. The van der Waals surface area contributed by atoms with Crippen LogP contribution in [0.4, 0.5) is 5.69 Å². The summed E-state index contributed by atoms with van der Waals surface area (Å²) in [6.45, 7) is 6.84. The van der Waals surface area contributed by atoms with Crippen LogP contribution in [0.3, 0.4) is 0 Å². The van der Waals surface area contributed by atoms with Crippen molar-refractivity contribution in [2.45, 2.75) is 109 Å². The topological polar surface area (TPSA) is 318 Å². The van der Waals surface area contributed by atoms with Crippen LogP contribution in [0.15, 0.2) is 24.3 Å². The molecule has 0 aliphatic carbocycles. The van der Waals surface area contributed by atoms with Gasteiger partial charge in [-0.2, -0.15) is 0 Å². The van der Waals surface area contributed by atoms with Gasteiger partial charge >= 0.3 is 17.9 Å². The Hall–Kier alpha value is -5.66. The summed E-state index contributed by atoms with van der Waals surface area (Å²) in [5.74, 6) is -8.92. The van der Waals surface area contributed by atoms with Gasteiger partial charge < -0.3 is 47.2 Å². The molecule has 20 heteroatoms. The molecule has 6 atom stereocenters. The zero-order chi connectivity index (χ0) is 40.9. The van der Waals surface area contributed by atoms with Crippen molar-refractivity contribution in [3.63, 3.8) is 0 Å². The highest BCUT2D eigenvalue weighted by Crippen LogP contribution is 2.21. The lowest BCUT2D eigenvalue weighted by molar-refractivity contribution is -0.384. The molecule has 1 aromatic rings. The van der Waals surface area contributed by atoms with Crippen LogP contribution in [0.5, 0.6) is 0 Å². The second kappa shape index (κ2) is 20.5. The molecule has 0 unspecified atom stereocenters. The number of nitrogens with one attached hydrogen (secondary N) is 4. The first-order valence-corrected chi connectivity index (χ1v) is 17.4. The second-order valence-electron chi connectivity index (χ2n) is 13.8. The highest BCUT2D eigenvalue weighted by molar-refractivity contribution is 5.97. The van der Waals surface area contributed by atoms with E-state index >= 15 is 0 Å². The summed E-state index contributed by atoms with van der Waals surface area (Å²) in [6, 6.07) is -2.89. The number of aliphatic carboxylic acids is 3. The number of amides is 5. The Balaban J connectivity index is 2.40. The van der Waals surface area contributed by atoms with Gasteiger partial charge in [-0.15, -0.1) is 0 Å². The fourth-order valence-corrected chi connectivity index (χ4v) is 5.78. The van der Waals surface area contributed by atoms with Gasteiger partial charge in [-0.1, -0.05) is 39.8 Å². The predicted octanol–water partition coefficient (Wildman–Crippen LogP) is -0.479. The molecule has 0 bridgehead atoms. The number of carbonyl (C=O) groups is 8. The molecule has 0 radical (unpaired) electrons. The Morgan fingerprint density at radius 3 is 1.98 bits per heavy atom. The van der Waals surface area contributed by atoms with E-state index < -0.39 is 101 Å². The van der Waals surface area contributed by atoms with E-state index in [2.05, 4.69) is 21.3 Å². The van der Waals surface area contributed by atoms with Gasteiger partial charge in [-0.3, -0.25) is 43.7 Å². The fourth-order valence-electron chi connectivity index (χ4n) is 5.78. The van der Waals surface area contributed by atoms with E-state index in [1.54, 1.807) is 27.7 Å². The minimum Gasteiger partial charge on any atom is -0.481 e. The minimum absolute atomic E-state index is 0.0246. The van der Waals surface area contributed by atoms with Crippen LogP contribution in [0, 0.1) is 22.0 Å². The molecule has 1 fully saturated rings. The summed E-state index contributed by atoms with van der Waals surface area (Å²) in [7, 11) is 0. The van der Waals surface area contributed by atoms with Gasteiger partial charge in [0, 0.05) is 31.5 Å². The van der Waals surface area contributed by atoms with Crippen LogP contribution in [0.2, 0.25) is 0 Å². The smallest absolute Gasteiger partial charge is 0.326 e. The number of hydrogen-bond acceptors (Lipinski definition) is 11. The predicted molar refractivity (Wildman–Crippen MR) is 188 cm³/mol. The number of hydrogen-bond donors (Lipinski definition) is 8. The quantitative estimate of drug-likeness (QED) is 0.0580. The number of carboxylic acids is 3. The van der Waals surface area contributed by atoms with Crippen molar-refractivity contribution in [2.24, 2.45) is 17.6 Å². The normalized spacial score (nSPS) is 16.7. The number of benzene rings is 1. The molecular formula is C34H49N7O13. The third kappa shape index (κ3) is 13.7. The molecule has 2 rings (SSSR count). The maximum absolute atomic E-state index is 14.1. The molecule has 0 spiro atoms. The molecule has 1 saturated heterocycles. The molecule has 1 aromatic carbocycles. The van der Waals surface area contributed by atoms with Gasteiger partial charge in [-0.05, 0) is 43.1 Å². The van der Waals surface area contributed by atoms with Crippen LogP contribution >= 0.6 is 0 Å². The minimum atomic E-state index is -1.77. The van der Waals surface area contributed by atoms with Crippen molar-refractivity contribution < 1.29 is 58.6 Å². The third-order valence-electron chi connectivity index (χ3n) is 8.63. The van der Waals surface area contributed by atoms with Crippen molar-refractivity contribution in [1.82, 2.24) is 26.2 Å². The monoisotopic (exact) mass is 763 g/mol. The van der Waals surface area contributed by atoms with Crippen LogP contribution in [-0.4, -0.2) is 115 Å². The number of non-ortho nitro benzene ring substituents is 1. The molecule has 54 heavy (non-hydrogen) atoms. The Morgan fingerprint density at radius 1 is 0.852 bits per heavy atom. The zero-order valence-corrected chi connectivity index (χ0v) is 30.5. The van der Waals surface area contributed by atoms with Crippen molar-refractivity contribution in [2.75, 3.05) is 6.54 Å². The molecule has 1 aliphatic rings. The van der Waals surface area contributed by atoms with Crippen molar-refractivity contribution in [3.8, 4) is 0 Å². The Labute approximate surface area is 310 Å². The lowest BCUT2D eigenvalue weighted by atomic mass is 9.98. The Kier molecular flexibility index (Phi) is 16.9. The van der Waals surface area contributed by atoms with E-state index in [1.807, 2.05) is 0 Å². The first-order chi connectivity index (χ1) is 25.2. The summed E-state index contributed by atoms with van der Waals surface area (Å²) in [4.78, 5) is 113. The molecule has 1 aliphatic heterocycles. The van der Waals surface area contributed by atoms with Crippen LogP contribution in [0.25, 0.3) is 0 Å². The number of likely N-dealkylation sites (tertiary alicyclic amines) is 1. The van der Waals surface area contributed by atoms with Gasteiger partial charge in [-0.25, -0.2) is 4.79 Å². The van der Waals surface area contributed by atoms with Crippen LogP contribution in [0.1, 0.15) is 71.8 Å². The van der Waals surface area contributed by atoms with Gasteiger partial charge in [0.25, 0.3) is 5.69 Å². The van der Waals surface area contributed by atoms with Gasteiger partial charge in [0.1, 0.15) is 30.2 Å². The first-order valence-electron chi connectivity index (χ1n) is 17.4. The highest BCUT2D eigenvalue weighted by Gasteiger charge is 2.40. The Morgan fingerprint density at radius 2 is 1.46 bits per heavy atom. The van der Waals surface area contributed by atoms with Gasteiger partial charge in [0.2, 0.25) is 29.5 Å². The van der Waals surface area contributed by atoms with E-state index in [0.717, 1.165) is 4.90 Å². The van der Waals surface area contributed by atoms with Crippen molar-refractivity contribution >= 4 is 53.1 Å². The average molecular weight is 764 g/mol. The molecule has 5 amide bonds. The van der Waals surface area contributed by atoms with E-state index in [4.69, 9.17) is 15.9 Å². The molecule has 20 nitrogen and oxygen atoms in total. The lowest BCUT2D eigenvalue weighted by Gasteiger charge is -2.31. The maximum atomic E-state index is 14.1. The molecule has 0 saturated carbocycles. The standard InChI is InChI=1S/C34H49N7O13/c1-17(2)14-22(36-32(49)28(18(3)4)39-29(46)21(35)11-12-26(42)43)30(47)37-23(15-19-7-9-20(10-8-19)41(53)54)33(50)40-13-5-6-25(40)31(48)38-24(34(51)52)16-27(44)45/h7-10,17-18,21-25,28H,5-6,11-16,35H2,1-4H3,(H,36,49)(H,37,47)(H,38,48)(H,39,46)(H,42,43)(H,44,45)(H,51,52)/t21-,22-,23-,24-,25+,28-/m0/s1. The summed E-state index contributed by atoms with van der Waals surface area (Å²) in [5, 5.41) is 48.6. The van der Waals surface area contributed by atoms with Gasteiger partial charge in [0.05, 0.1) is 17.4 Å². The number of carboxylic acid groups (broad SMARTS) is 3. The summed E-state index contributed by atoms with van der Waals surface area (Å²) in [5.41, 5.74) is 5.98. The SMILES string of the molecule is CC(C)C[C@H](NC(=O)[C@@H](NC(=O)[C@@H](N)CCC(=O)O)C(C)C)C(=O)N[C@@H](Cc1ccc([N+](=O)[O-])cc1)C(=O)N1CCC[C@@H]1C(=O)N[C@@H](CC(=O)O)C(=O)O. The molecular weight excluding hydrogens is 714 g/mol. The number of nitro groups is 1. The molecule has 9 N–H and O–H groups in total. The van der Waals surface area contributed by atoms with E-state index in [1.165, 1.54) is 24.3 Å². The van der Waals surface area contributed by atoms with E-state index in [0.29, 0.717) is 12.0 Å². The largest absolute Gasteiger partial charge is 0.481 e. The lowest BCUT2D eigenvalue weighted by Crippen LogP contribution is -2.60. The van der Waals surface area contributed by atoms with E-state index in [9.17, 15) is 53.6 Å². The van der Waals surface area contributed by atoms with E-state index in [-0.39, 0.29) is 50.3 Å². The van der Waals surface area contributed by atoms with Crippen LogP contribution in [-0.2, 0) is 44.8 Å². The van der Waals surface area contributed by atoms with Crippen molar-refractivity contribution in [3.05, 3.63) is 39.9 Å². The maximum Gasteiger partial charge on any atom is 0.326 e. The molecule has 298 valence electrons. The Bertz CT molecular complexity index is 1570. The molecule has 0 aromatic heterocycles.